The minimum Gasteiger partial charge on any atom is -0.355 e. The van der Waals surface area contributed by atoms with E-state index in [-0.39, 0.29) is 23.2 Å². The monoisotopic (exact) mass is 257 g/mol. The number of carbonyl (C=O) groups is 1. The van der Waals surface area contributed by atoms with Gasteiger partial charge in [-0.05, 0) is 6.42 Å². The molecule has 0 saturated carbocycles. The average molecular weight is 258 g/mol. The second-order valence-corrected chi connectivity index (χ2v) is 4.01. The van der Waals surface area contributed by atoms with Gasteiger partial charge in [0.2, 0.25) is 5.91 Å². The quantitative estimate of drug-likeness (QED) is 0.800. The first-order chi connectivity index (χ1) is 8.08. The lowest BCUT2D eigenvalue weighted by Crippen LogP contribution is -2.34. The number of aryl methyl sites for hydroxylation is 1. The van der Waals surface area contributed by atoms with Crippen molar-refractivity contribution in [3.8, 4) is 0 Å². The first-order valence-electron chi connectivity index (χ1n) is 5.61. The highest BCUT2D eigenvalue weighted by atomic mass is 35.5. The summed E-state index contributed by atoms with van der Waals surface area (Å²) in [6, 6.07) is 1.22. The van der Waals surface area contributed by atoms with Crippen LogP contribution in [0.15, 0.2) is 10.9 Å². The van der Waals surface area contributed by atoms with Crippen molar-refractivity contribution in [2.24, 2.45) is 0 Å². The van der Waals surface area contributed by atoms with Gasteiger partial charge in [-0.1, -0.05) is 25.4 Å². The van der Waals surface area contributed by atoms with E-state index >= 15 is 0 Å². The molecule has 0 atom stereocenters. The number of halogens is 1. The highest BCUT2D eigenvalue weighted by molar-refractivity contribution is 6.29. The van der Waals surface area contributed by atoms with Gasteiger partial charge in [-0.3, -0.25) is 14.2 Å². The maximum Gasteiger partial charge on any atom is 0.255 e. The maximum atomic E-state index is 11.7. The van der Waals surface area contributed by atoms with Gasteiger partial charge in [-0.2, -0.15) is 0 Å². The predicted molar refractivity (Wildman–Crippen MR) is 66.2 cm³/mol. The number of amides is 1. The molecule has 6 heteroatoms. The van der Waals surface area contributed by atoms with E-state index in [1.165, 1.54) is 10.6 Å². The fourth-order valence-electron chi connectivity index (χ4n) is 1.43. The van der Waals surface area contributed by atoms with E-state index in [4.69, 9.17) is 11.6 Å². The van der Waals surface area contributed by atoms with Crippen LogP contribution in [0.25, 0.3) is 0 Å². The lowest BCUT2D eigenvalue weighted by atomic mass is 10.4. The van der Waals surface area contributed by atoms with Crippen molar-refractivity contribution >= 4 is 17.5 Å². The zero-order chi connectivity index (χ0) is 12.8. The normalized spacial score (nSPS) is 10.3. The van der Waals surface area contributed by atoms with E-state index in [0.29, 0.717) is 18.8 Å². The summed E-state index contributed by atoms with van der Waals surface area (Å²) >= 11 is 5.70. The van der Waals surface area contributed by atoms with E-state index in [1.54, 1.807) is 0 Å². The molecule has 0 fully saturated rings. The van der Waals surface area contributed by atoms with Crippen LogP contribution in [0.3, 0.4) is 0 Å². The second-order valence-electron chi connectivity index (χ2n) is 3.62. The smallest absolute Gasteiger partial charge is 0.255 e. The highest BCUT2D eigenvalue weighted by Crippen LogP contribution is 2.02. The van der Waals surface area contributed by atoms with Crippen LogP contribution in [0.4, 0.5) is 0 Å². The van der Waals surface area contributed by atoms with Gasteiger partial charge in [0.25, 0.3) is 5.56 Å². The minimum absolute atomic E-state index is 0.00776. The molecular formula is C11H16ClN3O2. The molecule has 5 nitrogen and oxygen atoms in total. The SMILES string of the molecule is CCCNC(=O)Cn1c(CC)nc(Cl)cc1=O. The lowest BCUT2D eigenvalue weighted by molar-refractivity contribution is -0.121. The summed E-state index contributed by atoms with van der Waals surface area (Å²) in [4.78, 5) is 27.3. The topological polar surface area (TPSA) is 64.0 Å². The fourth-order valence-corrected chi connectivity index (χ4v) is 1.62. The summed E-state index contributed by atoms with van der Waals surface area (Å²) in [6.45, 7) is 4.43. The Labute approximate surface area is 105 Å². The van der Waals surface area contributed by atoms with Crippen LogP contribution >= 0.6 is 11.6 Å². The molecule has 0 spiro atoms. The number of carbonyl (C=O) groups excluding carboxylic acids is 1. The van der Waals surface area contributed by atoms with Crippen LogP contribution in [0.5, 0.6) is 0 Å². The third kappa shape index (κ3) is 3.85. The van der Waals surface area contributed by atoms with Crippen molar-refractivity contribution in [1.82, 2.24) is 14.9 Å². The van der Waals surface area contributed by atoms with Crippen LogP contribution in [-0.4, -0.2) is 22.0 Å². The van der Waals surface area contributed by atoms with Gasteiger partial charge in [0, 0.05) is 19.0 Å². The van der Waals surface area contributed by atoms with Crippen molar-refractivity contribution in [3.63, 3.8) is 0 Å². The molecule has 1 aromatic rings. The van der Waals surface area contributed by atoms with Crippen LogP contribution < -0.4 is 10.9 Å². The van der Waals surface area contributed by atoms with Crippen molar-refractivity contribution in [2.45, 2.75) is 33.2 Å². The predicted octanol–water partition coefficient (Wildman–Crippen LogP) is 0.985. The van der Waals surface area contributed by atoms with Gasteiger partial charge < -0.3 is 5.32 Å². The summed E-state index contributed by atoms with van der Waals surface area (Å²) in [5.41, 5.74) is -0.298. The molecule has 0 aromatic carbocycles. The van der Waals surface area contributed by atoms with Gasteiger partial charge in [0.1, 0.15) is 17.5 Å². The zero-order valence-corrected chi connectivity index (χ0v) is 10.8. The number of rotatable bonds is 5. The molecule has 1 N–H and O–H groups in total. The molecule has 0 unspecified atom stereocenters. The molecule has 0 aliphatic carbocycles. The van der Waals surface area contributed by atoms with Crippen molar-refractivity contribution in [1.29, 1.82) is 0 Å². The van der Waals surface area contributed by atoms with E-state index in [9.17, 15) is 9.59 Å². The van der Waals surface area contributed by atoms with Gasteiger partial charge in [0.15, 0.2) is 0 Å². The molecule has 1 heterocycles. The lowest BCUT2D eigenvalue weighted by Gasteiger charge is -2.10. The van der Waals surface area contributed by atoms with Crippen molar-refractivity contribution < 1.29 is 4.79 Å². The molecule has 0 saturated heterocycles. The van der Waals surface area contributed by atoms with Crippen LogP contribution in [0.1, 0.15) is 26.1 Å². The number of aromatic nitrogens is 2. The summed E-state index contributed by atoms with van der Waals surface area (Å²) in [5.74, 6) is 0.335. The van der Waals surface area contributed by atoms with E-state index < -0.39 is 0 Å². The van der Waals surface area contributed by atoms with Gasteiger partial charge >= 0.3 is 0 Å². The van der Waals surface area contributed by atoms with Crippen LogP contribution in [-0.2, 0) is 17.8 Å². The Morgan fingerprint density at radius 2 is 2.24 bits per heavy atom. The van der Waals surface area contributed by atoms with E-state index in [2.05, 4.69) is 10.3 Å². The molecule has 0 aliphatic heterocycles. The molecule has 0 aliphatic rings. The number of hydrogen-bond acceptors (Lipinski definition) is 3. The Morgan fingerprint density at radius 1 is 1.53 bits per heavy atom. The molecular weight excluding hydrogens is 242 g/mol. The molecule has 1 aromatic heterocycles. The summed E-state index contributed by atoms with van der Waals surface area (Å²) in [7, 11) is 0. The fraction of sp³-hybridized carbons (Fsp3) is 0.545. The average Bonchev–Trinajstić information content (AvgIpc) is 2.29. The minimum atomic E-state index is -0.298. The Balaban J connectivity index is 2.90. The van der Waals surface area contributed by atoms with Crippen molar-refractivity contribution in [3.05, 3.63) is 27.4 Å². The Morgan fingerprint density at radius 3 is 2.82 bits per heavy atom. The van der Waals surface area contributed by atoms with Crippen molar-refractivity contribution in [2.75, 3.05) is 6.54 Å². The van der Waals surface area contributed by atoms with Gasteiger partial charge in [-0.15, -0.1) is 0 Å². The van der Waals surface area contributed by atoms with Crippen LogP contribution in [0, 0.1) is 0 Å². The number of nitrogens with one attached hydrogen (secondary N) is 1. The first-order valence-corrected chi connectivity index (χ1v) is 5.99. The summed E-state index contributed by atoms with van der Waals surface area (Å²) in [6.07, 6.45) is 1.41. The Hall–Kier alpha value is -1.36. The molecule has 94 valence electrons. The van der Waals surface area contributed by atoms with E-state index in [1.807, 2.05) is 13.8 Å². The van der Waals surface area contributed by atoms with Gasteiger partial charge in [0.05, 0.1) is 0 Å². The highest BCUT2D eigenvalue weighted by Gasteiger charge is 2.09. The molecule has 0 bridgehead atoms. The largest absolute Gasteiger partial charge is 0.355 e. The Kier molecular flexibility index (Phi) is 5.15. The Bertz CT molecular complexity index is 457. The first kappa shape index (κ1) is 13.7. The molecule has 17 heavy (non-hydrogen) atoms. The summed E-state index contributed by atoms with van der Waals surface area (Å²) < 4.78 is 1.34. The number of nitrogens with zero attached hydrogens (tertiary/aromatic N) is 2. The molecule has 1 amide bonds. The standard InChI is InChI=1S/C11H16ClN3O2/c1-3-5-13-10(16)7-15-9(4-2)14-8(12)6-11(15)17/h6H,3-5,7H2,1-2H3,(H,13,16). The van der Waals surface area contributed by atoms with Gasteiger partial charge in [-0.25, -0.2) is 4.98 Å². The maximum absolute atomic E-state index is 11.7. The van der Waals surface area contributed by atoms with E-state index in [0.717, 1.165) is 6.42 Å². The third-order valence-corrected chi connectivity index (χ3v) is 2.44. The zero-order valence-electron chi connectivity index (χ0n) is 9.99. The second kappa shape index (κ2) is 6.39. The third-order valence-electron chi connectivity index (χ3n) is 2.25. The molecule has 1 rings (SSSR count). The number of hydrogen-bond donors (Lipinski definition) is 1. The molecule has 0 radical (unpaired) electrons. The summed E-state index contributed by atoms with van der Waals surface area (Å²) in [5, 5.41) is 2.88. The van der Waals surface area contributed by atoms with Crippen LogP contribution in [0.2, 0.25) is 5.15 Å².